The number of carbonyl (C=O) groups excluding carboxylic acids is 1. The van der Waals surface area contributed by atoms with Crippen LogP contribution in [0, 0.1) is 17.7 Å². The van der Waals surface area contributed by atoms with E-state index in [1.165, 1.54) is 6.07 Å². The van der Waals surface area contributed by atoms with Gasteiger partial charge < -0.3 is 15.4 Å². The molecule has 178 valence electrons. The van der Waals surface area contributed by atoms with Crippen molar-refractivity contribution in [1.29, 1.82) is 0 Å². The highest BCUT2D eigenvalue weighted by atomic mass is 35.5. The summed E-state index contributed by atoms with van der Waals surface area (Å²) in [5.74, 6) is 0.864. The van der Waals surface area contributed by atoms with Gasteiger partial charge in [-0.1, -0.05) is 23.7 Å². The van der Waals surface area contributed by atoms with E-state index < -0.39 is 5.82 Å². The zero-order valence-electron chi connectivity index (χ0n) is 18.9. The summed E-state index contributed by atoms with van der Waals surface area (Å²) in [6.45, 7) is 3.24. The van der Waals surface area contributed by atoms with E-state index in [2.05, 4.69) is 15.6 Å². The molecule has 2 aliphatic rings. The average Bonchev–Trinajstić information content (AvgIpc) is 3.39. The molecule has 1 amide bonds. The van der Waals surface area contributed by atoms with Crippen LogP contribution in [0.2, 0.25) is 5.02 Å². The van der Waals surface area contributed by atoms with E-state index in [0.29, 0.717) is 11.5 Å². The summed E-state index contributed by atoms with van der Waals surface area (Å²) in [5.41, 5.74) is 2.09. The Labute approximate surface area is 203 Å². The Balaban J connectivity index is 1.37. The smallest absolute Gasteiger partial charge is 0.251 e. The summed E-state index contributed by atoms with van der Waals surface area (Å²) in [7, 11) is 0. The van der Waals surface area contributed by atoms with Crippen molar-refractivity contribution < 1.29 is 13.9 Å². The van der Waals surface area contributed by atoms with Crippen LogP contribution in [0.15, 0.2) is 42.6 Å². The number of rotatable bonds is 6. The molecule has 3 heterocycles. The highest BCUT2D eigenvalue weighted by Gasteiger charge is 2.28. The van der Waals surface area contributed by atoms with Crippen molar-refractivity contribution in [2.45, 2.75) is 31.7 Å². The first-order chi connectivity index (χ1) is 16.6. The third-order valence-electron chi connectivity index (χ3n) is 6.87. The van der Waals surface area contributed by atoms with Gasteiger partial charge in [0, 0.05) is 43.3 Å². The van der Waals surface area contributed by atoms with Crippen molar-refractivity contribution >= 4 is 28.4 Å². The Bertz CT molecular complexity index is 1180. The first-order valence-corrected chi connectivity index (χ1v) is 12.2. The van der Waals surface area contributed by atoms with Crippen LogP contribution in [0.5, 0.6) is 0 Å². The third-order valence-corrected chi connectivity index (χ3v) is 7.16. The lowest BCUT2D eigenvalue weighted by molar-refractivity contribution is 0.0660. The molecule has 1 aromatic heterocycles. The molecule has 0 saturated carbocycles. The normalized spacial score (nSPS) is 19.9. The van der Waals surface area contributed by atoms with Crippen molar-refractivity contribution in [3.8, 4) is 0 Å². The van der Waals surface area contributed by atoms with Gasteiger partial charge in [0.05, 0.1) is 16.6 Å². The first-order valence-electron chi connectivity index (χ1n) is 11.9. The molecule has 0 aliphatic carbocycles. The molecule has 0 bridgehead atoms. The number of ether oxygens (including phenoxy) is 1. The van der Waals surface area contributed by atoms with E-state index in [1.807, 2.05) is 18.3 Å². The second-order valence-corrected chi connectivity index (χ2v) is 9.60. The van der Waals surface area contributed by atoms with Crippen LogP contribution in [0.3, 0.4) is 0 Å². The summed E-state index contributed by atoms with van der Waals surface area (Å²) in [6, 6.07) is 9.88. The van der Waals surface area contributed by atoms with Crippen LogP contribution in [-0.2, 0) is 11.2 Å². The van der Waals surface area contributed by atoms with E-state index in [0.717, 1.165) is 74.3 Å². The molecule has 2 atom stereocenters. The molecule has 2 fully saturated rings. The van der Waals surface area contributed by atoms with Gasteiger partial charge in [-0.2, -0.15) is 0 Å². The third kappa shape index (κ3) is 5.22. The molecule has 2 aliphatic heterocycles. The number of amides is 1. The molecular weight excluding hydrogens is 455 g/mol. The van der Waals surface area contributed by atoms with Crippen LogP contribution in [-0.4, -0.2) is 42.2 Å². The van der Waals surface area contributed by atoms with Gasteiger partial charge in [-0.15, -0.1) is 0 Å². The second kappa shape index (κ2) is 10.3. The topological polar surface area (TPSA) is 76.1 Å². The van der Waals surface area contributed by atoms with Crippen LogP contribution in [0.1, 0.15) is 47.1 Å². The number of benzene rings is 2. The minimum absolute atomic E-state index is 0.0576. The van der Waals surface area contributed by atoms with Crippen molar-refractivity contribution in [2.24, 2.45) is 11.8 Å². The number of carbonyl (C=O) groups is 1. The highest BCUT2D eigenvalue weighted by Crippen LogP contribution is 2.30. The second-order valence-electron chi connectivity index (χ2n) is 9.20. The van der Waals surface area contributed by atoms with Crippen LogP contribution in [0.25, 0.3) is 10.9 Å². The maximum absolute atomic E-state index is 13.7. The van der Waals surface area contributed by atoms with Crippen LogP contribution in [0.4, 0.5) is 4.39 Å². The largest absolute Gasteiger partial charge is 0.381 e. The Hall–Kier alpha value is -2.61. The van der Waals surface area contributed by atoms with Gasteiger partial charge in [-0.05, 0) is 67.5 Å². The number of fused-ring (bicyclic) bond motifs is 1. The van der Waals surface area contributed by atoms with Gasteiger partial charge in [0.2, 0.25) is 0 Å². The van der Waals surface area contributed by atoms with Crippen molar-refractivity contribution in [1.82, 2.24) is 20.6 Å². The predicted molar refractivity (Wildman–Crippen MR) is 129 cm³/mol. The Morgan fingerprint density at radius 2 is 2.06 bits per heavy atom. The fourth-order valence-corrected chi connectivity index (χ4v) is 5.06. The van der Waals surface area contributed by atoms with E-state index >= 15 is 0 Å². The van der Waals surface area contributed by atoms with E-state index in [9.17, 15) is 9.18 Å². The molecule has 2 aromatic carbocycles. The SMILES string of the molecule is O=C(N[C@@H](c1ccc(F)c(Cl)c1)[C@H]1CCNC1)c1ccc2cnc(CC3CCOCC3)nc2c1. The summed E-state index contributed by atoms with van der Waals surface area (Å²) in [6.07, 6.45) is 5.60. The Morgan fingerprint density at radius 1 is 1.21 bits per heavy atom. The zero-order valence-corrected chi connectivity index (χ0v) is 19.7. The Kier molecular flexibility index (Phi) is 7.04. The molecule has 2 N–H and O–H groups in total. The predicted octanol–water partition coefficient (Wildman–Crippen LogP) is 4.47. The number of halogens is 2. The summed E-state index contributed by atoms with van der Waals surface area (Å²) >= 11 is 6.04. The van der Waals surface area contributed by atoms with Crippen molar-refractivity contribution in [3.63, 3.8) is 0 Å². The molecule has 5 rings (SSSR count). The molecule has 0 unspecified atom stereocenters. The van der Waals surface area contributed by atoms with Crippen molar-refractivity contribution in [2.75, 3.05) is 26.3 Å². The number of hydrogen-bond acceptors (Lipinski definition) is 5. The minimum atomic E-state index is -0.467. The first kappa shape index (κ1) is 23.1. The standard InChI is InChI=1S/C26H28ClFN4O2/c27-21-12-17(3-4-22(21)28)25(20-5-8-29-14-20)32-26(33)18-1-2-19-15-30-24(31-23(19)13-18)11-16-6-9-34-10-7-16/h1-4,12-13,15-16,20,25,29H,5-11,14H2,(H,32,33)/t20-,25-/m0/s1. The summed E-state index contributed by atoms with van der Waals surface area (Å²) < 4.78 is 19.2. The molecule has 0 spiro atoms. The lowest BCUT2D eigenvalue weighted by Gasteiger charge is -2.25. The summed E-state index contributed by atoms with van der Waals surface area (Å²) in [5, 5.41) is 7.46. The Morgan fingerprint density at radius 3 is 2.82 bits per heavy atom. The average molecular weight is 483 g/mol. The molecule has 0 radical (unpaired) electrons. The van der Waals surface area contributed by atoms with Gasteiger partial charge in [-0.3, -0.25) is 4.79 Å². The van der Waals surface area contributed by atoms with E-state index in [4.69, 9.17) is 21.3 Å². The number of aromatic nitrogens is 2. The van der Waals surface area contributed by atoms with Crippen LogP contribution < -0.4 is 10.6 Å². The van der Waals surface area contributed by atoms with Crippen LogP contribution >= 0.6 is 11.6 Å². The fraction of sp³-hybridized carbons (Fsp3) is 0.423. The highest BCUT2D eigenvalue weighted by molar-refractivity contribution is 6.30. The molecule has 3 aromatic rings. The van der Waals surface area contributed by atoms with E-state index in [1.54, 1.807) is 18.2 Å². The van der Waals surface area contributed by atoms with Gasteiger partial charge in [0.1, 0.15) is 11.6 Å². The number of nitrogens with zero attached hydrogens (tertiary/aromatic N) is 2. The number of hydrogen-bond donors (Lipinski definition) is 2. The molecule has 34 heavy (non-hydrogen) atoms. The molecular formula is C26H28ClFN4O2. The molecule has 8 heteroatoms. The van der Waals surface area contributed by atoms with Gasteiger partial charge >= 0.3 is 0 Å². The lowest BCUT2D eigenvalue weighted by Crippen LogP contribution is -2.34. The maximum atomic E-state index is 13.7. The molecule has 2 saturated heterocycles. The number of nitrogens with one attached hydrogen (secondary N) is 2. The van der Waals surface area contributed by atoms with Gasteiger partial charge in [-0.25, -0.2) is 14.4 Å². The zero-order chi connectivity index (χ0) is 23.5. The quantitative estimate of drug-likeness (QED) is 0.542. The van der Waals surface area contributed by atoms with Gasteiger partial charge in [0.25, 0.3) is 5.91 Å². The summed E-state index contributed by atoms with van der Waals surface area (Å²) in [4.78, 5) is 22.6. The van der Waals surface area contributed by atoms with Gasteiger partial charge in [0.15, 0.2) is 0 Å². The lowest BCUT2D eigenvalue weighted by atomic mass is 9.91. The minimum Gasteiger partial charge on any atom is -0.381 e. The fourth-order valence-electron chi connectivity index (χ4n) is 4.88. The van der Waals surface area contributed by atoms with Crippen molar-refractivity contribution in [3.05, 3.63) is 70.4 Å². The molecule has 6 nitrogen and oxygen atoms in total. The monoisotopic (exact) mass is 482 g/mol. The maximum Gasteiger partial charge on any atom is 0.251 e. The van der Waals surface area contributed by atoms with E-state index in [-0.39, 0.29) is 22.9 Å².